The van der Waals surface area contributed by atoms with E-state index in [0.717, 1.165) is 0 Å². The van der Waals surface area contributed by atoms with E-state index in [4.69, 9.17) is 16.7 Å². The molecule has 0 bridgehead atoms. The van der Waals surface area contributed by atoms with Crippen LogP contribution in [-0.2, 0) is 0 Å². The van der Waals surface area contributed by atoms with Crippen LogP contribution in [0.25, 0.3) is 0 Å². The van der Waals surface area contributed by atoms with E-state index in [1.54, 1.807) is 32.3 Å². The minimum absolute atomic E-state index is 0.189. The monoisotopic (exact) mass is 272 g/mol. The molecular formula is C12H17ClN2O3. The Morgan fingerprint density at radius 3 is 2.72 bits per heavy atom. The number of amides is 1. The lowest BCUT2D eigenvalue weighted by Crippen LogP contribution is -2.24. The second-order valence-electron chi connectivity index (χ2n) is 4.11. The number of nitrogens with zero attached hydrogens (tertiary/aromatic N) is 1. The van der Waals surface area contributed by atoms with E-state index in [9.17, 15) is 9.90 Å². The van der Waals surface area contributed by atoms with Crippen LogP contribution in [0.5, 0.6) is 0 Å². The highest BCUT2D eigenvalue weighted by Gasteiger charge is 2.13. The molecule has 18 heavy (non-hydrogen) atoms. The zero-order chi connectivity index (χ0) is 13.7. The molecule has 0 saturated heterocycles. The summed E-state index contributed by atoms with van der Waals surface area (Å²) in [6.45, 7) is -0.113. The van der Waals surface area contributed by atoms with Crippen molar-refractivity contribution in [3.05, 3.63) is 28.8 Å². The van der Waals surface area contributed by atoms with Gasteiger partial charge in [0.25, 0.3) is 5.91 Å². The summed E-state index contributed by atoms with van der Waals surface area (Å²) >= 11 is 5.96. The van der Waals surface area contributed by atoms with Crippen LogP contribution in [0.3, 0.4) is 0 Å². The molecule has 3 N–H and O–H groups in total. The molecule has 0 aliphatic heterocycles. The number of carbonyl (C=O) groups excluding carboxylic acids is 1. The molecule has 100 valence electrons. The first-order chi connectivity index (χ1) is 8.45. The van der Waals surface area contributed by atoms with Crippen molar-refractivity contribution in [1.29, 1.82) is 0 Å². The Kier molecular flexibility index (Phi) is 5.40. The van der Waals surface area contributed by atoms with Crippen LogP contribution in [0.15, 0.2) is 18.2 Å². The number of carbonyl (C=O) groups is 1. The van der Waals surface area contributed by atoms with Crippen molar-refractivity contribution in [2.45, 2.75) is 6.10 Å². The Balaban J connectivity index is 2.84. The third-order valence-corrected chi connectivity index (χ3v) is 2.69. The fraction of sp³-hybridized carbons (Fsp3) is 0.417. The summed E-state index contributed by atoms with van der Waals surface area (Å²) in [6, 6.07) is 4.94. The Hall–Kier alpha value is -1.30. The van der Waals surface area contributed by atoms with Gasteiger partial charge in [0.05, 0.1) is 23.3 Å². The second kappa shape index (κ2) is 6.58. The molecule has 1 rings (SSSR count). The lowest BCUT2D eigenvalue weighted by atomic mass is 10.1. The molecule has 1 amide bonds. The van der Waals surface area contributed by atoms with E-state index < -0.39 is 6.10 Å². The van der Waals surface area contributed by atoms with Crippen LogP contribution in [0.2, 0.25) is 5.02 Å². The van der Waals surface area contributed by atoms with E-state index in [-0.39, 0.29) is 19.1 Å². The Labute approximate surface area is 111 Å². The van der Waals surface area contributed by atoms with Crippen LogP contribution in [0, 0.1) is 0 Å². The predicted octanol–water partition coefficient (Wildman–Crippen LogP) is 0.807. The van der Waals surface area contributed by atoms with Crippen molar-refractivity contribution < 1.29 is 15.0 Å². The SMILES string of the molecule is CN(C)C(=O)c1cc(NCC(O)CO)ccc1Cl. The zero-order valence-corrected chi connectivity index (χ0v) is 11.1. The fourth-order valence-electron chi connectivity index (χ4n) is 1.34. The molecule has 0 radical (unpaired) electrons. The predicted molar refractivity (Wildman–Crippen MR) is 71.1 cm³/mol. The number of benzene rings is 1. The maximum atomic E-state index is 11.8. The highest BCUT2D eigenvalue weighted by Crippen LogP contribution is 2.21. The van der Waals surface area contributed by atoms with Gasteiger partial charge in [0.15, 0.2) is 0 Å². The summed E-state index contributed by atoms with van der Waals surface area (Å²) in [5.74, 6) is -0.189. The average Bonchev–Trinajstić information content (AvgIpc) is 2.36. The lowest BCUT2D eigenvalue weighted by Gasteiger charge is -2.14. The standard InChI is InChI=1S/C12H17ClN2O3/c1-15(2)12(18)10-5-8(3-4-11(10)13)14-6-9(17)7-16/h3-5,9,14,16-17H,6-7H2,1-2H3. The average molecular weight is 273 g/mol. The van der Waals surface area contributed by atoms with Gasteiger partial charge < -0.3 is 20.4 Å². The molecule has 0 fully saturated rings. The highest BCUT2D eigenvalue weighted by atomic mass is 35.5. The largest absolute Gasteiger partial charge is 0.394 e. The first kappa shape index (κ1) is 14.8. The van der Waals surface area contributed by atoms with Crippen molar-refractivity contribution in [2.24, 2.45) is 0 Å². The minimum atomic E-state index is -0.839. The Morgan fingerprint density at radius 2 is 2.17 bits per heavy atom. The molecule has 0 spiro atoms. The molecule has 1 atom stereocenters. The first-order valence-corrected chi connectivity index (χ1v) is 5.87. The molecule has 6 heteroatoms. The summed E-state index contributed by atoms with van der Waals surface area (Å²) in [5.41, 5.74) is 1.06. The first-order valence-electron chi connectivity index (χ1n) is 5.49. The topological polar surface area (TPSA) is 72.8 Å². The smallest absolute Gasteiger partial charge is 0.254 e. The molecule has 0 heterocycles. The van der Waals surface area contributed by atoms with Gasteiger partial charge in [-0.15, -0.1) is 0 Å². The van der Waals surface area contributed by atoms with Crippen LogP contribution >= 0.6 is 11.6 Å². The number of aliphatic hydroxyl groups is 2. The number of anilines is 1. The minimum Gasteiger partial charge on any atom is -0.394 e. The zero-order valence-electron chi connectivity index (χ0n) is 10.4. The van der Waals surface area contributed by atoms with Gasteiger partial charge in [0.2, 0.25) is 0 Å². The number of nitrogens with one attached hydrogen (secondary N) is 1. The number of halogens is 1. The summed E-state index contributed by atoms with van der Waals surface area (Å²) < 4.78 is 0. The van der Waals surface area contributed by atoms with E-state index in [2.05, 4.69) is 5.32 Å². The lowest BCUT2D eigenvalue weighted by molar-refractivity contribution is 0.0828. The normalized spacial score (nSPS) is 12.1. The van der Waals surface area contributed by atoms with Gasteiger partial charge in [-0.05, 0) is 18.2 Å². The number of hydrogen-bond donors (Lipinski definition) is 3. The van der Waals surface area contributed by atoms with E-state index in [0.29, 0.717) is 16.3 Å². The number of hydrogen-bond acceptors (Lipinski definition) is 4. The van der Waals surface area contributed by atoms with Crippen molar-refractivity contribution >= 4 is 23.2 Å². The molecule has 5 nitrogen and oxygen atoms in total. The van der Waals surface area contributed by atoms with Crippen LogP contribution in [-0.4, -0.2) is 54.4 Å². The summed E-state index contributed by atoms with van der Waals surface area (Å²) in [6.07, 6.45) is -0.839. The molecular weight excluding hydrogens is 256 g/mol. The second-order valence-corrected chi connectivity index (χ2v) is 4.52. The van der Waals surface area contributed by atoms with Crippen LogP contribution < -0.4 is 5.32 Å². The molecule has 1 unspecified atom stereocenters. The third kappa shape index (κ3) is 3.87. The van der Waals surface area contributed by atoms with Gasteiger partial charge in [0, 0.05) is 26.3 Å². The number of aliphatic hydroxyl groups excluding tert-OH is 2. The molecule has 0 aliphatic rings. The van der Waals surface area contributed by atoms with Crippen molar-refractivity contribution in [3.63, 3.8) is 0 Å². The maximum Gasteiger partial charge on any atom is 0.254 e. The van der Waals surface area contributed by atoms with E-state index in [1.165, 1.54) is 4.90 Å². The molecule has 1 aromatic rings. The highest BCUT2D eigenvalue weighted by molar-refractivity contribution is 6.34. The van der Waals surface area contributed by atoms with Gasteiger partial charge in [-0.1, -0.05) is 11.6 Å². The van der Waals surface area contributed by atoms with Gasteiger partial charge in [0.1, 0.15) is 0 Å². The number of rotatable bonds is 5. The van der Waals surface area contributed by atoms with Crippen LogP contribution in [0.1, 0.15) is 10.4 Å². The van der Waals surface area contributed by atoms with Gasteiger partial charge in [-0.2, -0.15) is 0 Å². The fourth-order valence-corrected chi connectivity index (χ4v) is 1.54. The van der Waals surface area contributed by atoms with E-state index >= 15 is 0 Å². The van der Waals surface area contributed by atoms with Crippen molar-refractivity contribution in [3.8, 4) is 0 Å². The quantitative estimate of drug-likeness (QED) is 0.742. The van der Waals surface area contributed by atoms with Crippen molar-refractivity contribution in [2.75, 3.05) is 32.6 Å². The summed E-state index contributed by atoms with van der Waals surface area (Å²) in [5, 5.41) is 21.2. The van der Waals surface area contributed by atoms with Crippen molar-refractivity contribution in [1.82, 2.24) is 4.90 Å². The summed E-state index contributed by atoms with van der Waals surface area (Å²) in [4.78, 5) is 13.3. The molecule has 0 aliphatic carbocycles. The Morgan fingerprint density at radius 1 is 1.50 bits per heavy atom. The molecule has 0 saturated carbocycles. The Bertz CT molecular complexity index is 424. The third-order valence-electron chi connectivity index (χ3n) is 2.36. The summed E-state index contributed by atoms with van der Waals surface area (Å²) in [7, 11) is 3.29. The van der Waals surface area contributed by atoms with E-state index in [1.807, 2.05) is 0 Å². The molecule has 0 aromatic heterocycles. The van der Waals surface area contributed by atoms with Gasteiger partial charge in [-0.3, -0.25) is 4.79 Å². The maximum absolute atomic E-state index is 11.8. The van der Waals surface area contributed by atoms with Crippen LogP contribution in [0.4, 0.5) is 5.69 Å². The van der Waals surface area contributed by atoms with Gasteiger partial charge >= 0.3 is 0 Å². The molecule has 1 aromatic carbocycles. The van der Waals surface area contributed by atoms with Gasteiger partial charge in [-0.25, -0.2) is 0 Å².